The Balaban J connectivity index is 2.85. The van der Waals surface area contributed by atoms with Crippen molar-refractivity contribution in [2.24, 2.45) is 5.92 Å². The first-order valence-electron chi connectivity index (χ1n) is 5.03. The molecule has 0 spiro atoms. The fourth-order valence-electron chi connectivity index (χ4n) is 1.25. The van der Waals surface area contributed by atoms with E-state index >= 15 is 0 Å². The number of carboxylic acids is 1. The summed E-state index contributed by atoms with van der Waals surface area (Å²) in [4.78, 5) is 30.1. The van der Waals surface area contributed by atoms with Crippen LogP contribution >= 0.6 is 0 Å². The molecule has 7 nitrogen and oxygen atoms in total. The molecule has 1 rings (SSSR count). The van der Waals surface area contributed by atoms with Crippen LogP contribution in [0, 0.1) is 5.92 Å². The highest BCUT2D eigenvalue weighted by atomic mass is 16.4. The second-order valence-electron chi connectivity index (χ2n) is 3.82. The van der Waals surface area contributed by atoms with Gasteiger partial charge >= 0.3 is 5.97 Å². The van der Waals surface area contributed by atoms with Gasteiger partial charge in [-0.2, -0.15) is 0 Å². The predicted octanol–water partition coefficient (Wildman–Crippen LogP) is -0.102. The van der Waals surface area contributed by atoms with E-state index in [-0.39, 0.29) is 17.4 Å². The van der Waals surface area contributed by atoms with Gasteiger partial charge in [-0.05, 0) is 5.92 Å². The summed E-state index contributed by atoms with van der Waals surface area (Å²) < 4.78 is 0. The third-order valence-corrected chi connectivity index (χ3v) is 2.16. The molecule has 1 amide bonds. The molecule has 4 N–H and O–H groups in total. The van der Waals surface area contributed by atoms with Gasteiger partial charge in [0.05, 0.1) is 0 Å². The summed E-state index contributed by atoms with van der Waals surface area (Å²) in [6, 6.07) is -0.982. The standard InChI is InChI=1S/C10H14N4O3/c1-5(2)6(10(16)17)14-9(15)7-8(11)13-4-3-12-7/h3-6H,1-2H3,(H2,11,13)(H,14,15)(H,16,17). The van der Waals surface area contributed by atoms with Crippen molar-refractivity contribution in [2.45, 2.75) is 19.9 Å². The topological polar surface area (TPSA) is 118 Å². The molecular formula is C10H14N4O3. The van der Waals surface area contributed by atoms with Crippen molar-refractivity contribution in [1.82, 2.24) is 15.3 Å². The molecule has 0 aliphatic heterocycles. The van der Waals surface area contributed by atoms with E-state index in [9.17, 15) is 9.59 Å². The minimum Gasteiger partial charge on any atom is -0.480 e. The van der Waals surface area contributed by atoms with Crippen LogP contribution in [0.15, 0.2) is 12.4 Å². The van der Waals surface area contributed by atoms with E-state index in [0.717, 1.165) is 0 Å². The van der Waals surface area contributed by atoms with Crippen LogP contribution in [0.1, 0.15) is 24.3 Å². The summed E-state index contributed by atoms with van der Waals surface area (Å²) in [5.74, 6) is -2.01. The molecule has 0 aliphatic rings. The summed E-state index contributed by atoms with van der Waals surface area (Å²) in [5.41, 5.74) is 5.40. The molecule has 1 atom stereocenters. The van der Waals surface area contributed by atoms with Gasteiger partial charge in [0.15, 0.2) is 11.5 Å². The van der Waals surface area contributed by atoms with Crippen molar-refractivity contribution in [3.8, 4) is 0 Å². The highest BCUT2D eigenvalue weighted by Gasteiger charge is 2.25. The van der Waals surface area contributed by atoms with Gasteiger partial charge < -0.3 is 16.2 Å². The van der Waals surface area contributed by atoms with Gasteiger partial charge in [0, 0.05) is 12.4 Å². The lowest BCUT2D eigenvalue weighted by atomic mass is 10.0. The summed E-state index contributed by atoms with van der Waals surface area (Å²) in [7, 11) is 0. The minimum absolute atomic E-state index is 0.0297. The molecule has 0 aliphatic carbocycles. The largest absolute Gasteiger partial charge is 0.480 e. The maximum Gasteiger partial charge on any atom is 0.326 e. The first-order chi connectivity index (χ1) is 7.93. The Labute approximate surface area is 98.1 Å². The Bertz CT molecular complexity index is 433. The Morgan fingerprint density at radius 3 is 2.41 bits per heavy atom. The molecule has 0 fully saturated rings. The molecule has 0 bridgehead atoms. The van der Waals surface area contributed by atoms with Gasteiger partial charge in [0.2, 0.25) is 0 Å². The normalized spacial score (nSPS) is 12.2. The molecule has 1 heterocycles. The van der Waals surface area contributed by atoms with Gasteiger partial charge in [-0.25, -0.2) is 14.8 Å². The number of rotatable bonds is 4. The number of hydrogen-bond donors (Lipinski definition) is 3. The van der Waals surface area contributed by atoms with Crippen molar-refractivity contribution in [1.29, 1.82) is 0 Å². The van der Waals surface area contributed by atoms with E-state index in [4.69, 9.17) is 10.8 Å². The third kappa shape index (κ3) is 3.13. The summed E-state index contributed by atoms with van der Waals surface area (Å²) in [5, 5.41) is 11.3. The van der Waals surface area contributed by atoms with Crippen molar-refractivity contribution >= 4 is 17.7 Å². The van der Waals surface area contributed by atoms with Gasteiger partial charge in [0.25, 0.3) is 5.91 Å². The summed E-state index contributed by atoms with van der Waals surface area (Å²) in [6.07, 6.45) is 2.67. The maximum atomic E-state index is 11.7. The molecule has 1 aromatic heterocycles. The number of nitrogen functional groups attached to an aromatic ring is 1. The number of anilines is 1. The van der Waals surface area contributed by atoms with Crippen LogP contribution in [0.5, 0.6) is 0 Å². The molecule has 92 valence electrons. The Morgan fingerprint density at radius 1 is 1.35 bits per heavy atom. The highest BCUT2D eigenvalue weighted by molar-refractivity contribution is 5.98. The van der Waals surface area contributed by atoms with Gasteiger partial charge in [-0.15, -0.1) is 0 Å². The number of aromatic nitrogens is 2. The number of amides is 1. The molecule has 17 heavy (non-hydrogen) atoms. The maximum absolute atomic E-state index is 11.7. The zero-order chi connectivity index (χ0) is 13.0. The quantitative estimate of drug-likeness (QED) is 0.674. The molecule has 0 saturated heterocycles. The predicted molar refractivity (Wildman–Crippen MR) is 60.2 cm³/mol. The highest BCUT2D eigenvalue weighted by Crippen LogP contribution is 2.06. The van der Waals surface area contributed by atoms with Crippen LogP contribution in [-0.4, -0.2) is 33.0 Å². The van der Waals surface area contributed by atoms with Crippen LogP contribution in [0.2, 0.25) is 0 Å². The van der Waals surface area contributed by atoms with Crippen LogP contribution in [-0.2, 0) is 4.79 Å². The number of nitrogens with one attached hydrogen (secondary N) is 1. The number of hydrogen-bond acceptors (Lipinski definition) is 5. The number of nitrogens with two attached hydrogens (primary N) is 1. The monoisotopic (exact) mass is 238 g/mol. The SMILES string of the molecule is CC(C)C(NC(=O)c1nccnc1N)C(=O)O. The molecule has 0 aromatic carbocycles. The van der Waals surface area contributed by atoms with E-state index < -0.39 is 17.9 Å². The third-order valence-electron chi connectivity index (χ3n) is 2.16. The molecule has 1 aromatic rings. The van der Waals surface area contributed by atoms with Crippen LogP contribution < -0.4 is 11.1 Å². The Morgan fingerprint density at radius 2 is 1.94 bits per heavy atom. The number of aliphatic carboxylic acids is 1. The Kier molecular flexibility index (Phi) is 3.97. The fraction of sp³-hybridized carbons (Fsp3) is 0.400. The van der Waals surface area contributed by atoms with Crippen molar-refractivity contribution in [3.05, 3.63) is 18.1 Å². The fourth-order valence-corrected chi connectivity index (χ4v) is 1.25. The van der Waals surface area contributed by atoms with E-state index in [2.05, 4.69) is 15.3 Å². The second kappa shape index (κ2) is 5.24. The van der Waals surface area contributed by atoms with Crippen molar-refractivity contribution < 1.29 is 14.7 Å². The average molecular weight is 238 g/mol. The van der Waals surface area contributed by atoms with Crippen molar-refractivity contribution in [2.75, 3.05) is 5.73 Å². The van der Waals surface area contributed by atoms with Crippen LogP contribution in [0.3, 0.4) is 0 Å². The van der Waals surface area contributed by atoms with Gasteiger partial charge in [0.1, 0.15) is 6.04 Å². The summed E-state index contributed by atoms with van der Waals surface area (Å²) >= 11 is 0. The summed E-state index contributed by atoms with van der Waals surface area (Å²) in [6.45, 7) is 3.39. The smallest absolute Gasteiger partial charge is 0.326 e. The van der Waals surface area contributed by atoms with E-state index in [1.807, 2.05) is 0 Å². The lowest BCUT2D eigenvalue weighted by Crippen LogP contribution is -2.44. The number of carboxylic acid groups (broad SMARTS) is 1. The second-order valence-corrected chi connectivity index (χ2v) is 3.82. The number of carbonyl (C=O) groups is 2. The average Bonchev–Trinajstić information content (AvgIpc) is 2.25. The zero-order valence-corrected chi connectivity index (χ0v) is 9.54. The molecule has 7 heteroatoms. The van der Waals surface area contributed by atoms with Gasteiger partial charge in [-0.3, -0.25) is 4.79 Å². The number of nitrogens with zero attached hydrogens (tertiary/aromatic N) is 2. The lowest BCUT2D eigenvalue weighted by molar-refractivity contribution is -0.140. The van der Waals surface area contributed by atoms with E-state index in [0.29, 0.717) is 0 Å². The molecular weight excluding hydrogens is 224 g/mol. The van der Waals surface area contributed by atoms with E-state index in [1.165, 1.54) is 12.4 Å². The first kappa shape index (κ1) is 12.9. The van der Waals surface area contributed by atoms with Gasteiger partial charge in [-0.1, -0.05) is 13.8 Å². The first-order valence-corrected chi connectivity index (χ1v) is 5.03. The molecule has 0 radical (unpaired) electrons. The molecule has 0 saturated carbocycles. The van der Waals surface area contributed by atoms with E-state index in [1.54, 1.807) is 13.8 Å². The zero-order valence-electron chi connectivity index (χ0n) is 9.54. The Hall–Kier alpha value is -2.18. The molecule has 1 unspecified atom stereocenters. The number of carbonyl (C=O) groups excluding carboxylic acids is 1. The van der Waals surface area contributed by atoms with Crippen LogP contribution in [0.4, 0.5) is 5.82 Å². The van der Waals surface area contributed by atoms with Crippen LogP contribution in [0.25, 0.3) is 0 Å². The minimum atomic E-state index is -1.10. The lowest BCUT2D eigenvalue weighted by Gasteiger charge is -2.17. The van der Waals surface area contributed by atoms with Crippen molar-refractivity contribution in [3.63, 3.8) is 0 Å².